The molecule has 0 radical (unpaired) electrons. The van der Waals surface area contributed by atoms with Gasteiger partial charge in [0.2, 0.25) is 11.8 Å². The Labute approximate surface area is 579 Å². The van der Waals surface area contributed by atoms with Crippen molar-refractivity contribution in [3.8, 4) is 11.4 Å². The number of Topliss-reactive ketones (excluding diaryl/α,β-unsaturated/α-hetero) is 2. The molecule has 2 aromatic heterocycles. The number of ether oxygens (including phenoxy) is 3. The first-order valence-corrected chi connectivity index (χ1v) is 34.3. The molecule has 4 fully saturated rings. The predicted octanol–water partition coefficient (Wildman–Crippen LogP) is 13.1. The maximum atomic E-state index is 14.5. The summed E-state index contributed by atoms with van der Waals surface area (Å²) < 4.78 is 22.1. The van der Waals surface area contributed by atoms with E-state index >= 15 is 0 Å². The molecule has 4 aliphatic rings. The van der Waals surface area contributed by atoms with Crippen molar-refractivity contribution in [1.82, 2.24) is 50.2 Å². The van der Waals surface area contributed by atoms with Crippen LogP contribution in [-0.4, -0.2) is 146 Å². The summed E-state index contributed by atoms with van der Waals surface area (Å²) in [5.41, 5.74) is 6.08. The molecule has 2 saturated heterocycles. The fourth-order valence-corrected chi connectivity index (χ4v) is 14.0. The summed E-state index contributed by atoms with van der Waals surface area (Å²) in [5.74, 6) is -2.44. The number of hydrogen-bond donors (Lipinski definition) is 1. The number of esters is 1. The molecule has 0 unspecified atom stereocenters. The number of piperidine rings is 2. The zero-order valence-corrected chi connectivity index (χ0v) is 56.6. The van der Waals surface area contributed by atoms with E-state index in [4.69, 9.17) is 37.4 Å². The van der Waals surface area contributed by atoms with Crippen LogP contribution in [0.25, 0.3) is 23.5 Å². The monoisotopic (exact) mass is 1360 g/mol. The number of ketones is 2. The van der Waals surface area contributed by atoms with Gasteiger partial charge in [-0.3, -0.25) is 19.2 Å². The number of carbonyl (C=O) groups is 6. The molecule has 2 aliphatic heterocycles. The summed E-state index contributed by atoms with van der Waals surface area (Å²) in [4.78, 5) is 84.7. The molecule has 12 rings (SSSR count). The van der Waals surface area contributed by atoms with Crippen LogP contribution in [0.2, 0.25) is 10.0 Å². The van der Waals surface area contributed by atoms with Crippen LogP contribution in [0, 0.1) is 0 Å². The molecule has 6 aromatic carbocycles. The molecule has 20 nitrogen and oxygen atoms in total. The van der Waals surface area contributed by atoms with Gasteiger partial charge in [0.15, 0.2) is 11.6 Å². The van der Waals surface area contributed by atoms with Gasteiger partial charge >= 0.3 is 11.9 Å². The SMILES string of the molecule is CC(C)(C)OC(=O)c1ccc(CC(=O)[C@@H]2[C@H](OC3CCCCC3)C[C@H](c3ccccc3)CN2C(=O)/C=C/c2cc(Cl)ccc2-n2cnnn2)cc1.O=C(O)c1ccc(CC(=O)[C@@H]2[C@H](OC3CCCCC3)C[C@H](c3ccccc3)CN2C(=O)/C=C/c2cc(Cl)ccc2-n2cnnn2)cc1. The largest absolute Gasteiger partial charge is 0.478 e. The molecule has 22 heteroatoms. The van der Waals surface area contributed by atoms with Crippen molar-refractivity contribution in [3.63, 3.8) is 0 Å². The summed E-state index contributed by atoms with van der Waals surface area (Å²) in [5, 5.41) is 33.2. The molecule has 2 amide bonds. The summed E-state index contributed by atoms with van der Waals surface area (Å²) in [7, 11) is 0. The quantitative estimate of drug-likeness (QED) is 0.0550. The van der Waals surface area contributed by atoms with E-state index in [0.717, 1.165) is 74.5 Å². The Morgan fingerprint density at radius 2 is 0.939 bits per heavy atom. The van der Waals surface area contributed by atoms with Crippen LogP contribution in [-0.2, 0) is 46.2 Å². The normalized spacial score (nSPS) is 20.2. The van der Waals surface area contributed by atoms with Gasteiger partial charge in [0, 0.05) is 71.1 Å². The lowest BCUT2D eigenvalue weighted by Gasteiger charge is -2.45. The zero-order chi connectivity index (χ0) is 68.7. The Bertz CT molecular complexity index is 4080. The van der Waals surface area contributed by atoms with Crippen molar-refractivity contribution in [1.29, 1.82) is 0 Å². The highest BCUT2D eigenvalue weighted by Gasteiger charge is 2.46. The van der Waals surface area contributed by atoms with Gasteiger partial charge in [-0.25, -0.2) is 9.59 Å². The van der Waals surface area contributed by atoms with Crippen LogP contribution >= 0.6 is 23.2 Å². The minimum absolute atomic E-state index is 0.0197. The van der Waals surface area contributed by atoms with Gasteiger partial charge in [-0.2, -0.15) is 9.36 Å². The lowest BCUT2D eigenvalue weighted by molar-refractivity contribution is -0.152. The van der Waals surface area contributed by atoms with Gasteiger partial charge < -0.3 is 29.1 Å². The molecule has 98 heavy (non-hydrogen) atoms. The Morgan fingerprint density at radius 3 is 1.32 bits per heavy atom. The number of carboxylic acid groups (broad SMARTS) is 1. The fourth-order valence-electron chi connectivity index (χ4n) is 13.6. The van der Waals surface area contributed by atoms with Crippen molar-refractivity contribution in [2.45, 2.75) is 165 Å². The molecule has 508 valence electrons. The van der Waals surface area contributed by atoms with Crippen LogP contribution in [0.5, 0.6) is 0 Å². The molecule has 2 aliphatic carbocycles. The summed E-state index contributed by atoms with van der Waals surface area (Å²) >= 11 is 12.7. The second-order valence-electron chi connectivity index (χ2n) is 26.5. The Morgan fingerprint density at radius 1 is 0.531 bits per heavy atom. The van der Waals surface area contributed by atoms with Gasteiger partial charge in [0.05, 0.1) is 46.9 Å². The van der Waals surface area contributed by atoms with E-state index < -0.39 is 41.8 Å². The molecular weight excluding hydrogens is 1280 g/mol. The molecule has 0 bridgehead atoms. The Balaban J connectivity index is 0.000000199. The third-order valence-electron chi connectivity index (χ3n) is 18.4. The van der Waals surface area contributed by atoms with Gasteiger partial charge in [-0.1, -0.05) is 147 Å². The number of halogens is 2. The molecule has 0 spiro atoms. The Hall–Kier alpha value is -9.34. The van der Waals surface area contributed by atoms with E-state index in [1.807, 2.05) is 57.2 Å². The molecule has 8 aromatic rings. The van der Waals surface area contributed by atoms with Crippen molar-refractivity contribution >= 4 is 70.7 Å². The fraction of sp³-hybridized carbons (Fsp3) is 0.368. The number of nitrogens with zero attached hydrogens (tertiary/aromatic N) is 10. The van der Waals surface area contributed by atoms with E-state index in [2.05, 4.69) is 55.3 Å². The second-order valence-corrected chi connectivity index (χ2v) is 27.4. The highest BCUT2D eigenvalue weighted by atomic mass is 35.5. The predicted molar refractivity (Wildman–Crippen MR) is 371 cm³/mol. The zero-order valence-electron chi connectivity index (χ0n) is 55.1. The van der Waals surface area contributed by atoms with E-state index in [-0.39, 0.29) is 65.8 Å². The van der Waals surface area contributed by atoms with E-state index in [9.17, 15) is 33.9 Å². The van der Waals surface area contributed by atoms with Crippen LogP contribution in [0.3, 0.4) is 0 Å². The number of tetrazole rings is 2. The van der Waals surface area contributed by atoms with Crippen molar-refractivity contribution in [2.24, 2.45) is 0 Å². The molecule has 4 heterocycles. The smallest absolute Gasteiger partial charge is 0.338 e. The average Bonchev–Trinajstić information content (AvgIpc) is 0.808. The Kier molecular flexibility index (Phi) is 23.4. The summed E-state index contributed by atoms with van der Waals surface area (Å²) in [6.45, 7) is 6.14. The minimum Gasteiger partial charge on any atom is -0.478 e. The number of amides is 2. The minimum atomic E-state index is -1.03. The molecule has 6 atom stereocenters. The topological polar surface area (TPSA) is 244 Å². The average molecular weight is 1360 g/mol. The van der Waals surface area contributed by atoms with Crippen LogP contribution in [0.1, 0.15) is 164 Å². The highest BCUT2D eigenvalue weighted by molar-refractivity contribution is 6.31. The molecular formula is C76H80Cl2N10O10. The van der Waals surface area contributed by atoms with Crippen molar-refractivity contribution in [3.05, 3.63) is 225 Å². The van der Waals surface area contributed by atoms with E-state index in [1.54, 1.807) is 94.7 Å². The van der Waals surface area contributed by atoms with Crippen LogP contribution in [0.4, 0.5) is 0 Å². The summed E-state index contributed by atoms with van der Waals surface area (Å²) in [6.07, 6.45) is 19.9. The third-order valence-corrected chi connectivity index (χ3v) is 18.8. The molecule has 1 N–H and O–H groups in total. The first kappa shape index (κ1) is 70.0. The van der Waals surface area contributed by atoms with Crippen molar-refractivity contribution < 1.29 is 48.1 Å². The van der Waals surface area contributed by atoms with Gasteiger partial charge in [-0.05, 0) is 175 Å². The summed E-state index contributed by atoms with van der Waals surface area (Å²) in [6, 6.07) is 42.2. The second kappa shape index (κ2) is 32.8. The third kappa shape index (κ3) is 18.4. The first-order chi connectivity index (χ1) is 47.4. The van der Waals surface area contributed by atoms with Crippen LogP contribution < -0.4 is 0 Å². The lowest BCUT2D eigenvalue weighted by atomic mass is 9.82. The number of aromatic nitrogens is 8. The number of rotatable bonds is 20. The number of benzene rings is 6. The van der Waals surface area contributed by atoms with Crippen LogP contribution in [0.15, 0.2) is 170 Å². The van der Waals surface area contributed by atoms with Gasteiger partial charge in [0.25, 0.3) is 0 Å². The number of carboxylic acids is 1. The number of aromatic carboxylic acids is 1. The lowest BCUT2D eigenvalue weighted by Crippen LogP contribution is -2.58. The maximum Gasteiger partial charge on any atom is 0.338 e. The van der Waals surface area contributed by atoms with E-state index in [1.165, 1.54) is 52.7 Å². The highest BCUT2D eigenvalue weighted by Crippen LogP contribution is 2.38. The number of carbonyl (C=O) groups excluding carboxylic acids is 5. The standard InChI is InChI=1S/C40H44ClN5O5.C36H36ClN5O5/c1-40(2,3)51-39(49)29-16-14-27(15-17-29)22-35(47)38-36(50-33-12-8-5-9-13-33)24-31(28-10-6-4-7-11-28)25-45(38)37(48)21-18-30-23-32(41)19-20-34(30)46-26-42-43-44-46;37-29-16-17-31(42-23-38-39-40-42)27(20-29)15-18-34(44)41-22-28(25-7-3-1-4-8-25)21-33(47-30-9-5-2-6-10-30)35(41)32(43)19-24-11-13-26(14-12-24)36(45)46/h4,6-7,10-11,14-21,23,26,31,33,36,38H,5,8-9,12-13,22,24-25H2,1-3H3;1,3-4,7-8,11-18,20,23,28,30,33,35H,2,5-6,9-10,19,21-22H2,(H,45,46)/b21-18+;18-15+/t31-,36+,38+;28-,33+,35+/m00/s1. The number of hydrogen-bond acceptors (Lipinski definition) is 15. The van der Waals surface area contributed by atoms with Gasteiger partial charge in [-0.15, -0.1) is 10.2 Å². The number of likely N-dealkylation sites (tertiary alicyclic amines) is 2. The first-order valence-electron chi connectivity index (χ1n) is 33.5. The van der Waals surface area contributed by atoms with E-state index in [0.29, 0.717) is 69.6 Å². The maximum absolute atomic E-state index is 14.5. The van der Waals surface area contributed by atoms with Crippen molar-refractivity contribution in [2.75, 3.05) is 13.1 Å². The molecule has 2 saturated carbocycles. The van der Waals surface area contributed by atoms with Gasteiger partial charge in [0.1, 0.15) is 30.3 Å².